The van der Waals surface area contributed by atoms with Gasteiger partial charge in [0.1, 0.15) is 30.6 Å². The lowest BCUT2D eigenvalue weighted by atomic mass is 10.1. The van der Waals surface area contributed by atoms with Crippen molar-refractivity contribution >= 4 is 11.0 Å². The number of aliphatic hydroxyl groups is 1. The lowest BCUT2D eigenvalue weighted by Gasteiger charge is -2.20. The summed E-state index contributed by atoms with van der Waals surface area (Å²) in [6, 6.07) is 6.93. The normalized spacial score (nSPS) is 17.6. The molecule has 0 aliphatic carbocycles. The molecule has 2 aromatic rings. The van der Waals surface area contributed by atoms with Crippen LogP contribution in [0.5, 0.6) is 5.75 Å². The summed E-state index contributed by atoms with van der Waals surface area (Å²) in [5.74, 6) is 0.612. The van der Waals surface area contributed by atoms with Crippen molar-refractivity contribution < 1.29 is 19.2 Å². The van der Waals surface area contributed by atoms with E-state index in [-0.39, 0.29) is 12.2 Å². The number of aryl methyl sites for hydroxylation is 1. The number of quaternary nitrogens is 1. The average molecular weight is 332 g/mol. The predicted octanol–water partition coefficient (Wildman–Crippen LogP) is 1.30. The van der Waals surface area contributed by atoms with Gasteiger partial charge < -0.3 is 19.2 Å². The third kappa shape index (κ3) is 4.36. The summed E-state index contributed by atoms with van der Waals surface area (Å²) in [6.45, 7) is 5.13. The van der Waals surface area contributed by atoms with Crippen molar-refractivity contribution in [2.45, 2.75) is 38.7 Å². The van der Waals surface area contributed by atoms with Gasteiger partial charge in [-0.3, -0.25) is 0 Å². The number of rotatable bonds is 5. The number of hydrogen-bond donors (Lipinski definition) is 2. The highest BCUT2D eigenvalue weighted by Crippen LogP contribution is 2.22. The zero-order chi connectivity index (χ0) is 16.9. The summed E-state index contributed by atoms with van der Waals surface area (Å²) >= 11 is 0. The van der Waals surface area contributed by atoms with Gasteiger partial charge in [0, 0.05) is 17.5 Å². The Morgan fingerprint density at radius 2 is 1.96 bits per heavy atom. The van der Waals surface area contributed by atoms with Gasteiger partial charge in [-0.1, -0.05) is 0 Å². The molecule has 0 unspecified atom stereocenters. The molecule has 1 aromatic carbocycles. The van der Waals surface area contributed by atoms with Crippen LogP contribution in [0.15, 0.2) is 33.5 Å². The molecule has 0 bridgehead atoms. The highest BCUT2D eigenvalue weighted by molar-refractivity contribution is 5.81. The van der Waals surface area contributed by atoms with Gasteiger partial charge in [-0.05, 0) is 50.3 Å². The number of nitrogens with one attached hydrogen (secondary N) is 1. The number of benzene rings is 1. The molecule has 3 rings (SSSR count). The third-order valence-corrected chi connectivity index (χ3v) is 4.70. The molecule has 2 heterocycles. The van der Waals surface area contributed by atoms with Crippen LogP contribution < -0.4 is 15.3 Å². The zero-order valence-electron chi connectivity index (χ0n) is 14.2. The maximum Gasteiger partial charge on any atom is 0.336 e. The molecule has 0 amide bonds. The van der Waals surface area contributed by atoms with Gasteiger partial charge in [-0.25, -0.2) is 4.79 Å². The quantitative estimate of drug-likeness (QED) is 0.810. The summed E-state index contributed by atoms with van der Waals surface area (Å²) in [7, 11) is 0. The summed E-state index contributed by atoms with van der Waals surface area (Å²) < 4.78 is 10.9. The van der Waals surface area contributed by atoms with E-state index in [4.69, 9.17) is 9.15 Å². The van der Waals surface area contributed by atoms with E-state index in [1.165, 1.54) is 36.6 Å². The fourth-order valence-electron chi connectivity index (χ4n) is 3.41. The van der Waals surface area contributed by atoms with Gasteiger partial charge >= 0.3 is 5.63 Å². The molecule has 24 heavy (non-hydrogen) atoms. The van der Waals surface area contributed by atoms with Crippen LogP contribution in [0, 0.1) is 6.92 Å². The Labute approximate surface area is 141 Å². The van der Waals surface area contributed by atoms with Gasteiger partial charge in [-0.2, -0.15) is 0 Å². The second kappa shape index (κ2) is 7.81. The second-order valence-corrected chi connectivity index (χ2v) is 6.74. The molecule has 1 aliphatic heterocycles. The lowest BCUT2D eigenvalue weighted by Crippen LogP contribution is -3.13. The molecule has 1 saturated heterocycles. The number of likely N-dealkylation sites (tertiary alicyclic amines) is 1. The van der Waals surface area contributed by atoms with E-state index in [0.717, 1.165) is 30.6 Å². The Balaban J connectivity index is 1.59. The average Bonchev–Trinajstić information content (AvgIpc) is 2.81. The van der Waals surface area contributed by atoms with Gasteiger partial charge in [0.2, 0.25) is 0 Å². The van der Waals surface area contributed by atoms with E-state index in [1.807, 2.05) is 19.1 Å². The van der Waals surface area contributed by atoms with Crippen LogP contribution in [0.4, 0.5) is 0 Å². The van der Waals surface area contributed by atoms with Gasteiger partial charge in [0.05, 0.1) is 13.1 Å². The SMILES string of the molecule is Cc1cc(=O)oc2cc(OC[C@@H](O)C[NH+]3CCCCCC3)ccc12. The summed E-state index contributed by atoms with van der Waals surface area (Å²) in [4.78, 5) is 12.9. The van der Waals surface area contributed by atoms with Crippen molar-refractivity contribution in [2.24, 2.45) is 0 Å². The first-order valence-electron chi connectivity index (χ1n) is 8.81. The van der Waals surface area contributed by atoms with E-state index in [9.17, 15) is 9.90 Å². The molecule has 1 aromatic heterocycles. The number of hydrogen-bond acceptors (Lipinski definition) is 4. The predicted molar refractivity (Wildman–Crippen MR) is 92.8 cm³/mol. The van der Waals surface area contributed by atoms with Crippen molar-refractivity contribution in [1.82, 2.24) is 0 Å². The van der Waals surface area contributed by atoms with Crippen LogP contribution in [0.1, 0.15) is 31.2 Å². The first kappa shape index (κ1) is 17.0. The molecule has 2 N–H and O–H groups in total. The molecule has 0 radical (unpaired) electrons. The maximum atomic E-state index is 11.5. The first-order chi connectivity index (χ1) is 11.6. The Morgan fingerprint density at radius 3 is 2.71 bits per heavy atom. The Kier molecular flexibility index (Phi) is 5.53. The topological polar surface area (TPSA) is 64.1 Å². The monoisotopic (exact) mass is 332 g/mol. The third-order valence-electron chi connectivity index (χ3n) is 4.70. The van der Waals surface area contributed by atoms with E-state index >= 15 is 0 Å². The van der Waals surface area contributed by atoms with Crippen molar-refractivity contribution in [3.05, 3.63) is 40.2 Å². The molecular formula is C19H26NO4+. The van der Waals surface area contributed by atoms with Gasteiger partial charge in [-0.15, -0.1) is 0 Å². The summed E-state index contributed by atoms with van der Waals surface area (Å²) in [6.07, 6.45) is 4.60. The van der Waals surface area contributed by atoms with Crippen LogP contribution >= 0.6 is 0 Å². The molecular weight excluding hydrogens is 306 g/mol. The summed E-state index contributed by atoms with van der Waals surface area (Å²) in [5.41, 5.74) is 1.05. The minimum absolute atomic E-state index is 0.255. The highest BCUT2D eigenvalue weighted by atomic mass is 16.5. The number of fused-ring (bicyclic) bond motifs is 1. The first-order valence-corrected chi connectivity index (χ1v) is 8.81. The summed E-state index contributed by atoms with van der Waals surface area (Å²) in [5, 5.41) is 11.1. The van der Waals surface area contributed by atoms with Crippen LogP contribution in [0.3, 0.4) is 0 Å². The minimum Gasteiger partial charge on any atom is -0.491 e. The molecule has 5 nitrogen and oxygen atoms in total. The molecule has 1 aliphatic rings. The number of aliphatic hydroxyl groups excluding tert-OH is 1. The molecule has 0 saturated carbocycles. The van der Waals surface area contributed by atoms with Crippen LogP contribution in [0.2, 0.25) is 0 Å². The fourth-order valence-corrected chi connectivity index (χ4v) is 3.41. The molecule has 130 valence electrons. The number of ether oxygens (including phenoxy) is 1. The van der Waals surface area contributed by atoms with E-state index in [2.05, 4.69) is 0 Å². The van der Waals surface area contributed by atoms with E-state index in [0.29, 0.717) is 11.3 Å². The standard InChI is InChI=1S/C19H25NO4/c1-14-10-19(22)24-18-11-16(6-7-17(14)18)23-13-15(21)12-20-8-4-2-3-5-9-20/h6-7,10-11,15,21H,2-5,8-9,12-13H2,1H3/p+1/t15-/m0/s1. The zero-order valence-corrected chi connectivity index (χ0v) is 14.2. The van der Waals surface area contributed by atoms with Gasteiger partial charge in [0.15, 0.2) is 0 Å². The van der Waals surface area contributed by atoms with Crippen molar-refractivity contribution in [1.29, 1.82) is 0 Å². The van der Waals surface area contributed by atoms with Crippen LogP contribution in [-0.4, -0.2) is 37.5 Å². The second-order valence-electron chi connectivity index (χ2n) is 6.74. The largest absolute Gasteiger partial charge is 0.491 e. The van der Waals surface area contributed by atoms with Crippen LogP contribution in [-0.2, 0) is 0 Å². The Bertz CT molecular complexity index is 732. The van der Waals surface area contributed by atoms with Crippen molar-refractivity contribution in [2.75, 3.05) is 26.2 Å². The minimum atomic E-state index is -0.488. The molecule has 5 heteroatoms. The smallest absolute Gasteiger partial charge is 0.336 e. The van der Waals surface area contributed by atoms with Crippen molar-refractivity contribution in [3.63, 3.8) is 0 Å². The van der Waals surface area contributed by atoms with Gasteiger partial charge in [0.25, 0.3) is 0 Å². The molecule has 0 spiro atoms. The Morgan fingerprint density at radius 1 is 1.21 bits per heavy atom. The Hall–Kier alpha value is -1.85. The van der Waals surface area contributed by atoms with E-state index < -0.39 is 6.10 Å². The molecule has 1 atom stereocenters. The van der Waals surface area contributed by atoms with E-state index in [1.54, 1.807) is 6.07 Å². The lowest BCUT2D eigenvalue weighted by molar-refractivity contribution is -0.902. The van der Waals surface area contributed by atoms with Crippen LogP contribution in [0.25, 0.3) is 11.0 Å². The highest BCUT2D eigenvalue weighted by Gasteiger charge is 2.17. The van der Waals surface area contributed by atoms with Crippen molar-refractivity contribution in [3.8, 4) is 5.75 Å². The maximum absolute atomic E-state index is 11.5. The fraction of sp³-hybridized carbons (Fsp3) is 0.526. The molecule has 1 fully saturated rings.